The summed E-state index contributed by atoms with van der Waals surface area (Å²) >= 11 is 0. The number of nitrogens with zero attached hydrogens (tertiary/aromatic N) is 4. The molecule has 6 heteroatoms. The molecule has 5 rings (SSSR count). The van der Waals surface area contributed by atoms with Gasteiger partial charge < -0.3 is 14.7 Å². The SMILES string of the molecule is CN1CCC[C@@H](C(=O)N2CCC([C@@H](Cc3ccccc3)N(C(=O)c3ccccn3)C3CC3)CC2)C1. The molecule has 1 aromatic heterocycles. The Bertz CT molecular complexity index is 986. The van der Waals surface area contributed by atoms with Crippen molar-refractivity contribution in [3.8, 4) is 0 Å². The van der Waals surface area contributed by atoms with Crippen molar-refractivity contribution in [1.29, 1.82) is 0 Å². The smallest absolute Gasteiger partial charge is 0.272 e. The Morgan fingerprint density at radius 2 is 1.71 bits per heavy atom. The first kappa shape index (κ1) is 24.0. The highest BCUT2D eigenvalue weighted by Gasteiger charge is 2.42. The second-order valence-electron chi connectivity index (χ2n) is 10.7. The van der Waals surface area contributed by atoms with Gasteiger partial charge >= 0.3 is 0 Å². The number of aromatic nitrogens is 1. The van der Waals surface area contributed by atoms with Crippen LogP contribution < -0.4 is 0 Å². The van der Waals surface area contributed by atoms with Crippen LogP contribution in [0.2, 0.25) is 0 Å². The van der Waals surface area contributed by atoms with Gasteiger partial charge in [-0.25, -0.2) is 0 Å². The molecule has 2 saturated heterocycles. The molecule has 3 aliphatic rings. The fourth-order valence-electron chi connectivity index (χ4n) is 6.04. The normalized spacial score (nSPS) is 22.5. The van der Waals surface area contributed by atoms with Crippen molar-refractivity contribution < 1.29 is 9.59 Å². The van der Waals surface area contributed by atoms with Crippen LogP contribution in [0.3, 0.4) is 0 Å². The van der Waals surface area contributed by atoms with E-state index < -0.39 is 0 Å². The van der Waals surface area contributed by atoms with E-state index >= 15 is 0 Å². The van der Waals surface area contributed by atoms with Gasteiger partial charge in [-0.1, -0.05) is 36.4 Å². The van der Waals surface area contributed by atoms with E-state index in [1.807, 2.05) is 24.3 Å². The molecule has 2 atom stereocenters. The van der Waals surface area contributed by atoms with Crippen LogP contribution in [0.5, 0.6) is 0 Å². The number of rotatable bonds is 7. The van der Waals surface area contributed by atoms with Crippen LogP contribution in [0.4, 0.5) is 0 Å². The molecule has 1 aliphatic carbocycles. The van der Waals surface area contributed by atoms with Gasteiger partial charge in [0.15, 0.2) is 0 Å². The molecule has 0 N–H and O–H groups in total. The summed E-state index contributed by atoms with van der Waals surface area (Å²) in [6.45, 7) is 3.56. The van der Waals surface area contributed by atoms with Crippen LogP contribution in [-0.2, 0) is 11.2 Å². The monoisotopic (exact) mass is 474 g/mol. The van der Waals surface area contributed by atoms with Crippen molar-refractivity contribution in [3.05, 3.63) is 66.0 Å². The van der Waals surface area contributed by atoms with Crippen LogP contribution in [0.25, 0.3) is 0 Å². The zero-order valence-corrected chi connectivity index (χ0v) is 20.9. The fraction of sp³-hybridized carbons (Fsp3) is 0.552. The lowest BCUT2D eigenvalue weighted by atomic mass is 9.84. The van der Waals surface area contributed by atoms with Crippen LogP contribution in [0.15, 0.2) is 54.7 Å². The van der Waals surface area contributed by atoms with Crippen molar-refractivity contribution in [2.24, 2.45) is 11.8 Å². The summed E-state index contributed by atoms with van der Waals surface area (Å²) < 4.78 is 0. The van der Waals surface area contributed by atoms with Crippen molar-refractivity contribution >= 4 is 11.8 Å². The molecule has 35 heavy (non-hydrogen) atoms. The predicted octanol–water partition coefficient (Wildman–Crippen LogP) is 3.88. The minimum Gasteiger partial charge on any atom is -0.342 e. The largest absolute Gasteiger partial charge is 0.342 e. The average Bonchev–Trinajstić information content (AvgIpc) is 3.74. The number of carbonyl (C=O) groups is 2. The molecule has 0 radical (unpaired) electrons. The maximum absolute atomic E-state index is 13.7. The maximum atomic E-state index is 13.7. The summed E-state index contributed by atoms with van der Waals surface area (Å²) in [4.78, 5) is 37.9. The Hall–Kier alpha value is -2.73. The van der Waals surface area contributed by atoms with Gasteiger partial charge in [-0.3, -0.25) is 14.6 Å². The molecule has 1 aromatic carbocycles. The van der Waals surface area contributed by atoms with Crippen molar-refractivity contribution in [2.75, 3.05) is 33.2 Å². The third kappa shape index (κ3) is 5.75. The maximum Gasteiger partial charge on any atom is 0.272 e. The molecule has 3 heterocycles. The first-order valence-corrected chi connectivity index (χ1v) is 13.3. The molecule has 1 saturated carbocycles. The number of benzene rings is 1. The first-order valence-electron chi connectivity index (χ1n) is 13.3. The first-order chi connectivity index (χ1) is 17.1. The van der Waals surface area contributed by atoms with E-state index in [1.165, 1.54) is 5.56 Å². The summed E-state index contributed by atoms with van der Waals surface area (Å²) in [7, 11) is 2.12. The number of piperidine rings is 2. The average molecular weight is 475 g/mol. The lowest BCUT2D eigenvalue weighted by Crippen LogP contribution is -2.52. The summed E-state index contributed by atoms with van der Waals surface area (Å²) in [6, 6.07) is 16.5. The van der Waals surface area contributed by atoms with Crippen molar-refractivity contribution in [3.63, 3.8) is 0 Å². The van der Waals surface area contributed by atoms with Gasteiger partial charge in [-0.05, 0) is 82.2 Å². The number of hydrogen-bond donors (Lipinski definition) is 0. The second kappa shape index (κ2) is 10.9. The highest BCUT2D eigenvalue weighted by molar-refractivity contribution is 5.93. The van der Waals surface area contributed by atoms with Gasteiger partial charge in [-0.2, -0.15) is 0 Å². The predicted molar refractivity (Wildman–Crippen MR) is 137 cm³/mol. The Morgan fingerprint density at radius 1 is 0.971 bits per heavy atom. The van der Waals surface area contributed by atoms with Crippen molar-refractivity contribution in [2.45, 2.75) is 57.0 Å². The Labute approximate surface area is 209 Å². The Kier molecular flexibility index (Phi) is 7.47. The van der Waals surface area contributed by atoms with Crippen LogP contribution in [0, 0.1) is 11.8 Å². The zero-order chi connectivity index (χ0) is 24.2. The fourth-order valence-corrected chi connectivity index (χ4v) is 6.04. The molecule has 0 bridgehead atoms. The molecular formula is C29H38N4O2. The molecule has 186 valence electrons. The lowest BCUT2D eigenvalue weighted by Gasteiger charge is -2.43. The van der Waals surface area contributed by atoms with Gasteiger partial charge in [0, 0.05) is 37.9 Å². The molecule has 2 amide bonds. The van der Waals surface area contributed by atoms with Gasteiger partial charge in [0.1, 0.15) is 5.69 Å². The number of pyridine rings is 1. The highest BCUT2D eigenvalue weighted by Crippen LogP contribution is 2.36. The topological polar surface area (TPSA) is 56.8 Å². The number of likely N-dealkylation sites (tertiary alicyclic amines) is 2. The van der Waals surface area contributed by atoms with E-state index in [0.717, 1.165) is 71.1 Å². The molecular weight excluding hydrogens is 436 g/mol. The third-order valence-corrected chi connectivity index (χ3v) is 8.07. The second-order valence-corrected chi connectivity index (χ2v) is 10.7. The molecule has 0 unspecified atom stereocenters. The minimum atomic E-state index is 0.0535. The van der Waals surface area contributed by atoms with E-state index in [-0.39, 0.29) is 17.9 Å². The molecule has 0 spiro atoms. The van der Waals surface area contributed by atoms with E-state index in [1.54, 1.807) is 6.20 Å². The van der Waals surface area contributed by atoms with Gasteiger partial charge in [0.2, 0.25) is 5.91 Å². The van der Waals surface area contributed by atoms with E-state index in [4.69, 9.17) is 0 Å². The van der Waals surface area contributed by atoms with E-state index in [2.05, 4.69) is 51.0 Å². The van der Waals surface area contributed by atoms with Gasteiger partial charge in [0.25, 0.3) is 5.91 Å². The molecule has 3 fully saturated rings. The lowest BCUT2D eigenvalue weighted by molar-refractivity contribution is -0.139. The van der Waals surface area contributed by atoms with Crippen LogP contribution >= 0.6 is 0 Å². The Balaban J connectivity index is 1.33. The zero-order valence-electron chi connectivity index (χ0n) is 20.9. The summed E-state index contributed by atoms with van der Waals surface area (Å²) in [5.41, 5.74) is 1.80. The molecule has 2 aliphatic heterocycles. The van der Waals surface area contributed by atoms with Crippen LogP contribution in [-0.4, -0.2) is 76.8 Å². The molecule has 2 aromatic rings. The van der Waals surface area contributed by atoms with Crippen LogP contribution in [0.1, 0.15) is 54.6 Å². The van der Waals surface area contributed by atoms with Crippen molar-refractivity contribution in [1.82, 2.24) is 19.7 Å². The quantitative estimate of drug-likeness (QED) is 0.611. The highest BCUT2D eigenvalue weighted by atomic mass is 16.2. The van der Waals surface area contributed by atoms with Gasteiger partial charge in [0.05, 0.1) is 5.92 Å². The summed E-state index contributed by atoms with van der Waals surface area (Å²) in [6.07, 6.45) is 8.70. The minimum absolute atomic E-state index is 0.0535. The summed E-state index contributed by atoms with van der Waals surface area (Å²) in [5, 5.41) is 0. The van der Waals surface area contributed by atoms with E-state index in [9.17, 15) is 9.59 Å². The number of carbonyl (C=O) groups excluding carboxylic acids is 2. The van der Waals surface area contributed by atoms with Gasteiger partial charge in [-0.15, -0.1) is 0 Å². The summed E-state index contributed by atoms with van der Waals surface area (Å²) in [5.74, 6) is 0.900. The Morgan fingerprint density at radius 3 is 2.37 bits per heavy atom. The molecule has 6 nitrogen and oxygen atoms in total. The third-order valence-electron chi connectivity index (χ3n) is 8.07. The number of amides is 2. The number of hydrogen-bond acceptors (Lipinski definition) is 4. The van der Waals surface area contributed by atoms with E-state index in [0.29, 0.717) is 23.6 Å². The standard InChI is InChI=1S/C29H38N4O2/c1-31-17-7-10-24(21-31)28(34)32-18-14-23(15-19-32)27(20-22-8-3-2-4-9-22)33(25-12-13-25)29(35)26-11-5-6-16-30-26/h2-6,8-9,11,16,23-25,27H,7,10,12-15,17-21H2,1H3/t24-,27-/m1/s1.